The number of carbonyl (C=O) groups excluding carboxylic acids is 2. The summed E-state index contributed by atoms with van der Waals surface area (Å²) in [5.41, 5.74) is 0. The number of amides is 2. The lowest BCUT2D eigenvalue weighted by atomic mass is 9.63. The third-order valence-electron chi connectivity index (χ3n) is 5.53. The van der Waals surface area contributed by atoms with Gasteiger partial charge in [0.2, 0.25) is 0 Å². The minimum atomic E-state index is -0.202. The fraction of sp³-hybridized carbons (Fsp3) is 0.438. The van der Waals surface area contributed by atoms with Crippen LogP contribution in [0.25, 0.3) is 0 Å². The highest BCUT2D eigenvalue weighted by atomic mass is 79.9. The summed E-state index contributed by atoms with van der Waals surface area (Å²) in [6.45, 7) is 0. The topological polar surface area (TPSA) is 62.9 Å². The molecule has 112 valence electrons. The number of halogens is 1. The fourth-order valence-electron chi connectivity index (χ4n) is 4.57. The molecule has 6 atom stereocenters. The second-order valence-corrected chi connectivity index (χ2v) is 7.31. The second-order valence-electron chi connectivity index (χ2n) is 6.53. The van der Waals surface area contributed by atoms with Gasteiger partial charge in [-0.05, 0) is 58.2 Å². The summed E-state index contributed by atoms with van der Waals surface area (Å²) in [6, 6.07) is 3.47. The number of nitrogens with zero attached hydrogens (tertiary/aromatic N) is 2. The predicted molar refractivity (Wildman–Crippen MR) is 80.6 cm³/mol. The van der Waals surface area contributed by atoms with Crippen molar-refractivity contribution in [3.05, 3.63) is 34.7 Å². The van der Waals surface area contributed by atoms with Gasteiger partial charge in [0.25, 0.3) is 11.8 Å². The van der Waals surface area contributed by atoms with Crippen molar-refractivity contribution >= 4 is 34.0 Å². The number of hydrogen-bond donors (Lipinski definition) is 0. The quantitative estimate of drug-likeness (QED) is 0.462. The summed E-state index contributed by atoms with van der Waals surface area (Å²) in [5, 5.41) is 5.16. The third-order valence-corrected chi connectivity index (χ3v) is 5.96. The average Bonchev–Trinajstić information content (AvgIpc) is 3.19. The Balaban J connectivity index is 1.46. The molecule has 2 amide bonds. The van der Waals surface area contributed by atoms with Crippen molar-refractivity contribution in [2.24, 2.45) is 40.6 Å². The van der Waals surface area contributed by atoms with Crippen LogP contribution < -0.4 is 0 Å². The number of rotatable bonds is 2. The zero-order valence-electron chi connectivity index (χ0n) is 11.6. The molecule has 2 saturated carbocycles. The maximum absolute atomic E-state index is 12.6. The zero-order valence-corrected chi connectivity index (χ0v) is 13.1. The first-order valence-electron chi connectivity index (χ1n) is 7.50. The molecule has 1 aromatic rings. The van der Waals surface area contributed by atoms with Gasteiger partial charge < -0.3 is 4.42 Å². The van der Waals surface area contributed by atoms with Crippen LogP contribution in [0.2, 0.25) is 0 Å². The first-order valence-corrected chi connectivity index (χ1v) is 8.30. The summed E-state index contributed by atoms with van der Waals surface area (Å²) in [7, 11) is 0. The fourth-order valence-corrected chi connectivity index (χ4v) is 4.89. The minimum absolute atomic E-state index is 0.151. The lowest BCUT2D eigenvalue weighted by Crippen LogP contribution is -2.40. The molecule has 6 heteroatoms. The third kappa shape index (κ3) is 1.56. The van der Waals surface area contributed by atoms with E-state index in [1.54, 1.807) is 12.1 Å². The average molecular weight is 361 g/mol. The van der Waals surface area contributed by atoms with Crippen LogP contribution in [0.15, 0.2) is 38.5 Å². The van der Waals surface area contributed by atoms with Gasteiger partial charge in [0.05, 0.1) is 18.1 Å². The lowest BCUT2D eigenvalue weighted by molar-refractivity contribution is -0.140. The van der Waals surface area contributed by atoms with Crippen molar-refractivity contribution in [2.75, 3.05) is 0 Å². The largest absolute Gasteiger partial charge is 0.448 e. The normalized spacial score (nSPS) is 41.4. The van der Waals surface area contributed by atoms with Crippen LogP contribution in [-0.2, 0) is 9.59 Å². The van der Waals surface area contributed by atoms with Crippen LogP contribution in [0.1, 0.15) is 12.2 Å². The Hall–Kier alpha value is -1.69. The molecule has 1 saturated heterocycles. The molecule has 0 spiro atoms. The molecule has 0 N–H and O–H groups in total. The highest BCUT2D eigenvalue weighted by molar-refractivity contribution is 9.10. The van der Waals surface area contributed by atoms with Crippen LogP contribution in [0.4, 0.5) is 0 Å². The smallest absolute Gasteiger partial charge is 0.254 e. The van der Waals surface area contributed by atoms with Crippen LogP contribution >= 0.6 is 15.9 Å². The standard InChI is InChI=1S/C16H13BrN2O3/c17-12-4-1-7(22-12)6-18-19-15(20)13-8-2-3-9(11-5-10(8)11)14(13)16(19)21/h1-4,6,8-11,13-14H,5H2/b18-6-/t8-,9-,10-,11+,13+,14+/m1/s1. The molecular formula is C16H13BrN2O3. The Labute approximate surface area is 135 Å². The number of hydrogen-bond acceptors (Lipinski definition) is 4. The van der Waals surface area contributed by atoms with Crippen molar-refractivity contribution in [1.29, 1.82) is 0 Å². The second kappa shape index (κ2) is 4.19. The molecule has 0 aromatic carbocycles. The Kier molecular flexibility index (Phi) is 2.44. The van der Waals surface area contributed by atoms with Gasteiger partial charge in [-0.15, -0.1) is 0 Å². The monoisotopic (exact) mass is 360 g/mol. The number of imide groups is 1. The number of allylic oxidation sites excluding steroid dienone is 2. The molecule has 2 heterocycles. The van der Waals surface area contributed by atoms with E-state index in [1.807, 2.05) is 0 Å². The summed E-state index contributed by atoms with van der Waals surface area (Å²) in [4.78, 5) is 25.3. The zero-order chi connectivity index (χ0) is 15.0. The molecule has 22 heavy (non-hydrogen) atoms. The van der Waals surface area contributed by atoms with E-state index < -0.39 is 0 Å². The Morgan fingerprint density at radius 3 is 2.32 bits per heavy atom. The summed E-state index contributed by atoms with van der Waals surface area (Å²) in [6.07, 6.45) is 6.90. The van der Waals surface area contributed by atoms with Gasteiger partial charge in [0, 0.05) is 0 Å². The summed E-state index contributed by atoms with van der Waals surface area (Å²) in [5.74, 6) is 1.48. The molecule has 0 radical (unpaired) electrons. The van der Waals surface area contributed by atoms with E-state index in [-0.39, 0.29) is 35.5 Å². The Morgan fingerprint density at radius 1 is 1.14 bits per heavy atom. The maximum Gasteiger partial charge on any atom is 0.254 e. The van der Waals surface area contributed by atoms with Crippen LogP contribution in [0.3, 0.4) is 0 Å². The van der Waals surface area contributed by atoms with Crippen LogP contribution in [-0.4, -0.2) is 23.0 Å². The molecule has 5 aliphatic rings. The molecule has 4 aliphatic carbocycles. The Bertz CT molecular complexity index is 716. The van der Waals surface area contributed by atoms with E-state index in [1.165, 1.54) is 12.6 Å². The van der Waals surface area contributed by atoms with Gasteiger partial charge in [-0.1, -0.05) is 12.2 Å². The first-order chi connectivity index (χ1) is 10.6. The van der Waals surface area contributed by atoms with Crippen LogP contribution in [0.5, 0.6) is 0 Å². The van der Waals surface area contributed by atoms with Crippen molar-refractivity contribution in [2.45, 2.75) is 6.42 Å². The highest BCUT2D eigenvalue weighted by Crippen LogP contribution is 2.65. The Morgan fingerprint density at radius 2 is 1.77 bits per heavy atom. The molecule has 5 nitrogen and oxygen atoms in total. The van der Waals surface area contributed by atoms with E-state index in [0.717, 1.165) is 5.01 Å². The van der Waals surface area contributed by atoms with Crippen molar-refractivity contribution in [1.82, 2.24) is 5.01 Å². The van der Waals surface area contributed by atoms with Gasteiger partial charge in [0.15, 0.2) is 4.67 Å². The van der Waals surface area contributed by atoms with E-state index in [4.69, 9.17) is 4.42 Å². The van der Waals surface area contributed by atoms with Crippen molar-refractivity contribution in [3.8, 4) is 0 Å². The van der Waals surface area contributed by atoms with Gasteiger partial charge in [-0.3, -0.25) is 9.59 Å². The van der Waals surface area contributed by atoms with E-state index in [9.17, 15) is 9.59 Å². The highest BCUT2D eigenvalue weighted by Gasteiger charge is 2.67. The van der Waals surface area contributed by atoms with E-state index in [0.29, 0.717) is 22.3 Å². The van der Waals surface area contributed by atoms with E-state index >= 15 is 0 Å². The molecular weight excluding hydrogens is 348 g/mol. The number of carbonyl (C=O) groups is 2. The van der Waals surface area contributed by atoms with Gasteiger partial charge in [-0.25, -0.2) is 0 Å². The van der Waals surface area contributed by atoms with Gasteiger partial charge in [0.1, 0.15) is 5.76 Å². The molecule has 6 rings (SSSR count). The maximum atomic E-state index is 12.6. The molecule has 3 fully saturated rings. The van der Waals surface area contributed by atoms with Crippen molar-refractivity contribution < 1.29 is 14.0 Å². The first kappa shape index (κ1) is 12.8. The number of hydrazone groups is 1. The van der Waals surface area contributed by atoms with Crippen LogP contribution in [0, 0.1) is 35.5 Å². The number of furan rings is 1. The minimum Gasteiger partial charge on any atom is -0.448 e. The van der Waals surface area contributed by atoms with Gasteiger partial charge in [-0.2, -0.15) is 10.1 Å². The predicted octanol–water partition coefficient (Wildman–Crippen LogP) is 2.43. The molecule has 1 aliphatic heterocycles. The lowest BCUT2D eigenvalue weighted by Gasteiger charge is -2.37. The SMILES string of the molecule is O=C1[C@H]2[C@@H]3C=C[C@H]([C@@H]4C[C@H]34)[C@@H]2C(=O)N1/N=C\c1ccc(Br)o1. The molecule has 2 bridgehead atoms. The molecule has 1 aromatic heterocycles. The summed E-state index contributed by atoms with van der Waals surface area (Å²) >= 11 is 3.21. The summed E-state index contributed by atoms with van der Waals surface area (Å²) < 4.78 is 5.90. The van der Waals surface area contributed by atoms with E-state index in [2.05, 4.69) is 33.2 Å². The molecule has 0 unspecified atom stereocenters. The van der Waals surface area contributed by atoms with Gasteiger partial charge >= 0.3 is 0 Å². The van der Waals surface area contributed by atoms with Crippen molar-refractivity contribution in [3.63, 3.8) is 0 Å².